The maximum absolute atomic E-state index is 5.46. The third kappa shape index (κ3) is 2.12. The second-order valence-electron chi connectivity index (χ2n) is 4.04. The molecule has 0 atom stereocenters. The van der Waals surface area contributed by atoms with Crippen LogP contribution in [-0.2, 0) is 13.3 Å². The van der Waals surface area contributed by atoms with Gasteiger partial charge in [-0.3, -0.25) is 0 Å². The van der Waals surface area contributed by atoms with E-state index in [2.05, 4.69) is 27.7 Å². The van der Waals surface area contributed by atoms with Gasteiger partial charge in [-0.1, -0.05) is 27.7 Å². The van der Waals surface area contributed by atoms with Gasteiger partial charge < -0.3 is 13.3 Å². The molecule has 0 aromatic carbocycles. The fourth-order valence-corrected chi connectivity index (χ4v) is 4.18. The minimum absolute atomic E-state index is 0.0642. The van der Waals surface area contributed by atoms with E-state index in [9.17, 15) is 0 Å². The van der Waals surface area contributed by atoms with E-state index in [0.717, 1.165) is 0 Å². The lowest BCUT2D eigenvalue weighted by molar-refractivity contribution is 0.0844. The predicted octanol–water partition coefficient (Wildman–Crippen LogP) is 2.30. The van der Waals surface area contributed by atoms with Crippen molar-refractivity contribution in [2.24, 2.45) is 5.92 Å². The number of hydrogen-bond donors (Lipinski definition) is 0. The second kappa shape index (κ2) is 4.55. The van der Waals surface area contributed by atoms with Gasteiger partial charge in [0.1, 0.15) is 0 Å². The van der Waals surface area contributed by atoms with E-state index in [1.807, 2.05) is 0 Å². The fraction of sp³-hybridized carbons (Fsp3) is 1.00. The summed E-state index contributed by atoms with van der Waals surface area (Å²) in [7, 11) is 2.46. The van der Waals surface area contributed by atoms with Gasteiger partial charge >= 0.3 is 8.80 Å². The largest absolute Gasteiger partial charge is 0.506 e. The molecule has 0 aromatic rings. The predicted molar refractivity (Wildman–Crippen MR) is 55.7 cm³/mol. The third-order valence-corrected chi connectivity index (χ3v) is 6.81. The summed E-state index contributed by atoms with van der Waals surface area (Å²) in [5.74, 6) is 0.457. The van der Waals surface area contributed by atoms with Crippen molar-refractivity contribution in [3.8, 4) is 0 Å². The molecule has 80 valence electrons. The van der Waals surface area contributed by atoms with Crippen molar-refractivity contribution in [2.45, 2.75) is 32.7 Å². The van der Waals surface area contributed by atoms with Crippen LogP contribution in [0.25, 0.3) is 0 Å². The molecule has 13 heavy (non-hydrogen) atoms. The van der Waals surface area contributed by atoms with Crippen molar-refractivity contribution in [3.63, 3.8) is 0 Å². The Labute approximate surface area is 82.8 Å². The molecule has 0 bridgehead atoms. The van der Waals surface area contributed by atoms with Crippen LogP contribution >= 0.6 is 0 Å². The lowest BCUT2D eigenvalue weighted by atomic mass is 9.99. The molecule has 0 radical (unpaired) electrons. The van der Waals surface area contributed by atoms with E-state index in [0.29, 0.717) is 5.92 Å². The number of rotatable bonds is 5. The van der Waals surface area contributed by atoms with Crippen LogP contribution in [0, 0.1) is 5.92 Å². The molecule has 0 aliphatic rings. The van der Waals surface area contributed by atoms with Crippen molar-refractivity contribution in [1.82, 2.24) is 0 Å². The molecule has 0 aliphatic heterocycles. The van der Waals surface area contributed by atoms with Crippen molar-refractivity contribution < 1.29 is 13.3 Å². The van der Waals surface area contributed by atoms with Crippen LogP contribution in [0.4, 0.5) is 0 Å². The fourth-order valence-electron chi connectivity index (χ4n) is 1.39. The van der Waals surface area contributed by atoms with Gasteiger partial charge in [0.15, 0.2) is 0 Å². The molecular weight excluding hydrogens is 184 g/mol. The standard InChI is InChI=1S/C9H22O3Si/c1-8(2)9(3,4)13(10-5,11-6)12-7/h8H,1-7H3. The first-order chi connectivity index (χ1) is 5.88. The van der Waals surface area contributed by atoms with Gasteiger partial charge in [-0.25, -0.2) is 0 Å². The normalized spacial score (nSPS) is 13.8. The smallest absolute Gasteiger partial charge is 0.377 e. The Kier molecular flexibility index (Phi) is 4.58. The van der Waals surface area contributed by atoms with Crippen LogP contribution in [0.5, 0.6) is 0 Å². The average molecular weight is 206 g/mol. The quantitative estimate of drug-likeness (QED) is 0.646. The highest BCUT2D eigenvalue weighted by molar-refractivity contribution is 6.64. The Morgan fingerprint density at radius 1 is 0.923 bits per heavy atom. The van der Waals surface area contributed by atoms with Crippen molar-refractivity contribution >= 4 is 8.80 Å². The molecule has 0 saturated carbocycles. The van der Waals surface area contributed by atoms with Gasteiger partial charge in [0.2, 0.25) is 0 Å². The molecule has 3 nitrogen and oxygen atoms in total. The first-order valence-electron chi connectivity index (χ1n) is 4.53. The van der Waals surface area contributed by atoms with Gasteiger partial charge in [-0.05, 0) is 5.92 Å². The van der Waals surface area contributed by atoms with Crippen molar-refractivity contribution in [1.29, 1.82) is 0 Å². The monoisotopic (exact) mass is 206 g/mol. The molecule has 0 spiro atoms. The average Bonchev–Trinajstić information content (AvgIpc) is 2.08. The summed E-state index contributed by atoms with van der Waals surface area (Å²) in [5, 5.41) is -0.0642. The molecule has 4 heteroatoms. The SMILES string of the molecule is CO[Si](OC)(OC)C(C)(C)C(C)C. The molecule has 0 heterocycles. The summed E-state index contributed by atoms with van der Waals surface area (Å²) in [6.45, 7) is 8.55. The summed E-state index contributed by atoms with van der Waals surface area (Å²) < 4.78 is 16.4. The maximum Gasteiger partial charge on any atom is 0.506 e. The van der Waals surface area contributed by atoms with Gasteiger partial charge in [0.05, 0.1) is 0 Å². The van der Waals surface area contributed by atoms with Gasteiger partial charge in [-0.15, -0.1) is 0 Å². The topological polar surface area (TPSA) is 27.7 Å². The van der Waals surface area contributed by atoms with Gasteiger partial charge in [0.25, 0.3) is 0 Å². The second-order valence-corrected chi connectivity index (χ2v) is 7.67. The highest BCUT2D eigenvalue weighted by atomic mass is 28.4. The third-order valence-electron chi connectivity index (χ3n) is 3.04. The van der Waals surface area contributed by atoms with E-state index >= 15 is 0 Å². The minimum Gasteiger partial charge on any atom is -0.377 e. The molecule has 0 fully saturated rings. The zero-order valence-electron chi connectivity index (χ0n) is 9.80. The maximum atomic E-state index is 5.46. The Morgan fingerprint density at radius 3 is 1.31 bits per heavy atom. The van der Waals surface area contributed by atoms with Crippen LogP contribution in [0.1, 0.15) is 27.7 Å². The van der Waals surface area contributed by atoms with Gasteiger partial charge in [-0.2, -0.15) is 0 Å². The Bertz CT molecular complexity index is 145. The van der Waals surface area contributed by atoms with Crippen LogP contribution in [0.2, 0.25) is 5.04 Å². The van der Waals surface area contributed by atoms with Crippen LogP contribution in [-0.4, -0.2) is 30.1 Å². The van der Waals surface area contributed by atoms with E-state index in [1.165, 1.54) is 0 Å². The zero-order chi connectivity index (χ0) is 10.7. The lowest BCUT2D eigenvalue weighted by Crippen LogP contribution is -2.54. The van der Waals surface area contributed by atoms with E-state index in [4.69, 9.17) is 13.3 Å². The lowest BCUT2D eigenvalue weighted by Gasteiger charge is -2.41. The summed E-state index contributed by atoms with van der Waals surface area (Å²) in [5.41, 5.74) is 0. The molecule has 0 rings (SSSR count). The van der Waals surface area contributed by atoms with Crippen LogP contribution < -0.4 is 0 Å². The molecule has 0 aliphatic carbocycles. The van der Waals surface area contributed by atoms with E-state index in [1.54, 1.807) is 21.3 Å². The summed E-state index contributed by atoms with van der Waals surface area (Å²) in [6, 6.07) is 0. The molecule has 0 amide bonds. The molecule has 0 unspecified atom stereocenters. The summed E-state index contributed by atoms with van der Waals surface area (Å²) >= 11 is 0. The van der Waals surface area contributed by atoms with Crippen LogP contribution in [0.15, 0.2) is 0 Å². The molecule has 0 saturated heterocycles. The Balaban J connectivity index is 4.91. The van der Waals surface area contributed by atoms with E-state index in [-0.39, 0.29) is 5.04 Å². The zero-order valence-corrected chi connectivity index (χ0v) is 10.8. The van der Waals surface area contributed by atoms with E-state index < -0.39 is 8.80 Å². The van der Waals surface area contributed by atoms with Gasteiger partial charge in [0, 0.05) is 26.4 Å². The molecular formula is C9H22O3Si. The Morgan fingerprint density at radius 2 is 1.23 bits per heavy atom. The molecule has 0 N–H and O–H groups in total. The number of hydrogen-bond acceptors (Lipinski definition) is 3. The summed E-state index contributed by atoms with van der Waals surface area (Å²) in [6.07, 6.45) is 0. The first-order valence-corrected chi connectivity index (χ1v) is 6.26. The summed E-state index contributed by atoms with van der Waals surface area (Å²) in [4.78, 5) is 0. The first kappa shape index (κ1) is 13.1. The highest BCUT2D eigenvalue weighted by Crippen LogP contribution is 2.44. The minimum atomic E-state index is -2.51. The van der Waals surface area contributed by atoms with Crippen molar-refractivity contribution in [2.75, 3.05) is 21.3 Å². The van der Waals surface area contributed by atoms with Crippen LogP contribution in [0.3, 0.4) is 0 Å². The Hall–Kier alpha value is 0.0969. The highest BCUT2D eigenvalue weighted by Gasteiger charge is 2.55. The molecule has 0 aromatic heterocycles. The van der Waals surface area contributed by atoms with Crippen molar-refractivity contribution in [3.05, 3.63) is 0 Å².